The van der Waals surface area contributed by atoms with E-state index in [9.17, 15) is 4.79 Å². The van der Waals surface area contributed by atoms with Crippen molar-refractivity contribution in [3.8, 4) is 5.75 Å². The van der Waals surface area contributed by atoms with Crippen LogP contribution in [0.2, 0.25) is 0 Å². The molecule has 0 atom stereocenters. The minimum Gasteiger partial charge on any atom is -0.506 e. The van der Waals surface area contributed by atoms with E-state index in [1.807, 2.05) is 0 Å². The number of aldehydes is 1. The molecule has 0 bridgehead atoms. The third kappa shape index (κ3) is 1.33. The molecule has 0 amide bonds. The predicted molar refractivity (Wildman–Crippen MR) is 39.0 cm³/mol. The van der Waals surface area contributed by atoms with E-state index in [4.69, 9.17) is 5.11 Å². The molecule has 10 heavy (non-hydrogen) atoms. The van der Waals surface area contributed by atoms with Crippen molar-refractivity contribution in [2.24, 2.45) is 0 Å². The largest absolute Gasteiger partial charge is 0.506 e. The molecule has 0 saturated heterocycles. The minimum absolute atomic E-state index is 0.0585. The smallest absolute Gasteiger partial charge is 0.172 e. The van der Waals surface area contributed by atoms with Gasteiger partial charge in [-0.1, -0.05) is 0 Å². The molecular weight excluding hydrogens is 198 g/mol. The Balaban J connectivity index is 3.19. The predicted octanol–water partition coefficient (Wildman–Crippen LogP) is 1.36. The lowest BCUT2D eigenvalue weighted by molar-refractivity contribution is 0.111. The zero-order valence-corrected chi connectivity index (χ0v) is 6.50. The van der Waals surface area contributed by atoms with Crippen molar-refractivity contribution in [3.63, 3.8) is 0 Å². The van der Waals surface area contributed by atoms with Gasteiger partial charge >= 0.3 is 0 Å². The van der Waals surface area contributed by atoms with Gasteiger partial charge in [0.1, 0.15) is 11.4 Å². The van der Waals surface area contributed by atoms with Crippen molar-refractivity contribution in [2.75, 3.05) is 0 Å². The summed E-state index contributed by atoms with van der Waals surface area (Å²) in [6, 6.07) is 1.41. The van der Waals surface area contributed by atoms with Crippen molar-refractivity contribution in [1.29, 1.82) is 0 Å². The molecule has 0 aliphatic carbocycles. The molecule has 0 spiro atoms. The van der Waals surface area contributed by atoms with E-state index < -0.39 is 0 Å². The van der Waals surface area contributed by atoms with Gasteiger partial charge in [0.15, 0.2) is 6.29 Å². The normalized spacial score (nSPS) is 9.30. The van der Waals surface area contributed by atoms with E-state index in [1.54, 1.807) is 0 Å². The van der Waals surface area contributed by atoms with Crippen LogP contribution in [0.5, 0.6) is 5.75 Å². The Morgan fingerprint density at radius 2 is 2.40 bits per heavy atom. The van der Waals surface area contributed by atoms with E-state index in [1.165, 1.54) is 12.3 Å². The molecule has 0 aliphatic heterocycles. The number of hydrogen-bond acceptors (Lipinski definition) is 3. The highest BCUT2D eigenvalue weighted by Crippen LogP contribution is 2.17. The van der Waals surface area contributed by atoms with Gasteiger partial charge < -0.3 is 5.11 Å². The molecule has 0 radical (unpaired) electrons. The van der Waals surface area contributed by atoms with Gasteiger partial charge in [0, 0.05) is 10.7 Å². The summed E-state index contributed by atoms with van der Waals surface area (Å²) in [5.41, 5.74) is 0.0585. The molecule has 0 saturated carbocycles. The Hall–Kier alpha value is -0.900. The van der Waals surface area contributed by atoms with Crippen molar-refractivity contribution in [3.05, 3.63) is 22.4 Å². The number of halogens is 1. The summed E-state index contributed by atoms with van der Waals surface area (Å²) in [4.78, 5) is 13.7. The molecular formula is C6H4BrNO2. The zero-order valence-electron chi connectivity index (χ0n) is 4.91. The third-order valence-corrected chi connectivity index (χ3v) is 1.41. The van der Waals surface area contributed by atoms with Crippen molar-refractivity contribution in [1.82, 2.24) is 4.98 Å². The molecule has 1 N–H and O–H groups in total. The second-order valence-corrected chi connectivity index (χ2v) is 2.59. The number of hydrogen-bond donors (Lipinski definition) is 1. The maximum absolute atomic E-state index is 10.1. The van der Waals surface area contributed by atoms with Gasteiger partial charge in [-0.3, -0.25) is 4.79 Å². The number of nitrogens with zero attached hydrogens (tertiary/aromatic N) is 1. The van der Waals surface area contributed by atoms with E-state index in [0.717, 1.165) is 0 Å². The van der Waals surface area contributed by atoms with Crippen LogP contribution in [0.1, 0.15) is 10.5 Å². The molecule has 0 unspecified atom stereocenters. The van der Waals surface area contributed by atoms with Gasteiger partial charge in [-0.15, -0.1) is 0 Å². The first-order valence-electron chi connectivity index (χ1n) is 2.53. The van der Waals surface area contributed by atoms with Crippen LogP contribution in [0.25, 0.3) is 0 Å². The Bertz CT molecular complexity index is 262. The first kappa shape index (κ1) is 7.21. The lowest BCUT2D eigenvalue weighted by atomic mass is 10.3. The summed E-state index contributed by atoms with van der Waals surface area (Å²) < 4.78 is 0.649. The number of rotatable bonds is 1. The van der Waals surface area contributed by atoms with Gasteiger partial charge in [-0.05, 0) is 22.0 Å². The van der Waals surface area contributed by atoms with Crippen LogP contribution in [0, 0.1) is 0 Å². The standard InChI is InChI=1S/C6H4BrNO2/c7-4-1-6(10)5(3-9)8-2-4/h1-3,10H. The maximum Gasteiger partial charge on any atom is 0.172 e. The van der Waals surface area contributed by atoms with Crippen molar-refractivity contribution >= 4 is 22.2 Å². The first-order valence-corrected chi connectivity index (χ1v) is 3.33. The van der Waals surface area contributed by atoms with Crippen LogP contribution in [0.15, 0.2) is 16.7 Å². The summed E-state index contributed by atoms with van der Waals surface area (Å²) in [6.45, 7) is 0. The summed E-state index contributed by atoms with van der Waals surface area (Å²) in [6.07, 6.45) is 1.95. The summed E-state index contributed by atoms with van der Waals surface area (Å²) in [5.74, 6) is -0.107. The van der Waals surface area contributed by atoms with Crippen LogP contribution in [0.3, 0.4) is 0 Å². The molecule has 0 aliphatic rings. The Kier molecular flexibility index (Phi) is 2.01. The van der Waals surface area contributed by atoms with Crippen LogP contribution in [-0.4, -0.2) is 16.4 Å². The van der Waals surface area contributed by atoms with Gasteiger partial charge in [-0.25, -0.2) is 4.98 Å². The average molecular weight is 202 g/mol. The van der Waals surface area contributed by atoms with Gasteiger partial charge in [0.2, 0.25) is 0 Å². The fourth-order valence-corrected chi connectivity index (χ4v) is 0.849. The van der Waals surface area contributed by atoms with E-state index >= 15 is 0 Å². The topological polar surface area (TPSA) is 50.2 Å². The summed E-state index contributed by atoms with van der Waals surface area (Å²) >= 11 is 3.09. The van der Waals surface area contributed by atoms with Crippen LogP contribution in [-0.2, 0) is 0 Å². The van der Waals surface area contributed by atoms with E-state index in [2.05, 4.69) is 20.9 Å². The number of carbonyl (C=O) groups is 1. The number of aromatic hydroxyl groups is 1. The fourth-order valence-electron chi connectivity index (χ4n) is 0.530. The number of pyridine rings is 1. The van der Waals surface area contributed by atoms with E-state index in [0.29, 0.717) is 10.8 Å². The number of aromatic nitrogens is 1. The third-order valence-electron chi connectivity index (χ3n) is 0.976. The highest BCUT2D eigenvalue weighted by Gasteiger charge is 1.99. The second kappa shape index (κ2) is 2.79. The maximum atomic E-state index is 10.1. The molecule has 0 fully saturated rings. The molecule has 1 aromatic rings. The Labute approximate surface area is 65.8 Å². The quantitative estimate of drug-likeness (QED) is 0.699. The molecule has 3 nitrogen and oxygen atoms in total. The monoisotopic (exact) mass is 201 g/mol. The highest BCUT2D eigenvalue weighted by atomic mass is 79.9. The fraction of sp³-hybridized carbons (Fsp3) is 0. The molecule has 1 aromatic heterocycles. The van der Waals surface area contributed by atoms with Gasteiger partial charge in [-0.2, -0.15) is 0 Å². The second-order valence-electron chi connectivity index (χ2n) is 1.68. The lowest BCUT2D eigenvalue weighted by Crippen LogP contribution is -1.85. The van der Waals surface area contributed by atoms with Crippen molar-refractivity contribution in [2.45, 2.75) is 0 Å². The summed E-state index contributed by atoms with van der Waals surface area (Å²) in [7, 11) is 0. The van der Waals surface area contributed by atoms with Gasteiger partial charge in [0.25, 0.3) is 0 Å². The van der Waals surface area contributed by atoms with Crippen LogP contribution < -0.4 is 0 Å². The van der Waals surface area contributed by atoms with Crippen LogP contribution in [0.4, 0.5) is 0 Å². The molecule has 1 heterocycles. The molecule has 0 aromatic carbocycles. The number of carbonyl (C=O) groups excluding carboxylic acids is 1. The van der Waals surface area contributed by atoms with E-state index in [-0.39, 0.29) is 11.4 Å². The lowest BCUT2D eigenvalue weighted by Gasteiger charge is -1.94. The molecule has 52 valence electrons. The average Bonchev–Trinajstić information content (AvgIpc) is 1.88. The molecule has 1 rings (SSSR count). The first-order chi connectivity index (χ1) is 4.74. The van der Waals surface area contributed by atoms with Crippen molar-refractivity contribution < 1.29 is 9.90 Å². The summed E-state index contributed by atoms with van der Waals surface area (Å²) in [5, 5.41) is 8.97. The van der Waals surface area contributed by atoms with Crippen LogP contribution >= 0.6 is 15.9 Å². The Morgan fingerprint density at radius 3 is 2.90 bits per heavy atom. The Morgan fingerprint density at radius 1 is 1.70 bits per heavy atom. The van der Waals surface area contributed by atoms with Gasteiger partial charge in [0.05, 0.1) is 0 Å². The molecule has 4 heteroatoms. The minimum atomic E-state index is -0.107. The zero-order chi connectivity index (χ0) is 7.56. The highest BCUT2D eigenvalue weighted by molar-refractivity contribution is 9.10. The SMILES string of the molecule is O=Cc1ncc(Br)cc1O.